The second-order valence-corrected chi connectivity index (χ2v) is 6.68. The highest BCUT2D eigenvalue weighted by molar-refractivity contribution is 5.52. The molecule has 2 aromatic rings. The summed E-state index contributed by atoms with van der Waals surface area (Å²) in [7, 11) is 2.11. The second-order valence-electron chi connectivity index (χ2n) is 6.68. The van der Waals surface area contributed by atoms with Gasteiger partial charge in [-0.15, -0.1) is 0 Å². The molecule has 0 saturated carbocycles. The lowest BCUT2D eigenvalue weighted by Crippen LogP contribution is -2.18. The Labute approximate surface area is 161 Å². The predicted molar refractivity (Wildman–Crippen MR) is 110 cm³/mol. The first-order valence-corrected chi connectivity index (χ1v) is 9.57. The molecule has 2 aromatic carbocycles. The Morgan fingerprint density at radius 1 is 0.852 bits per heavy atom. The Hall–Kier alpha value is -2.76. The molecule has 0 N–H and O–H groups in total. The van der Waals surface area contributed by atoms with Crippen molar-refractivity contribution < 1.29 is 4.92 Å². The van der Waals surface area contributed by atoms with Gasteiger partial charge in [-0.2, -0.15) is 10.2 Å². The molecule has 27 heavy (non-hydrogen) atoms. The van der Waals surface area contributed by atoms with Crippen LogP contribution in [0.15, 0.2) is 58.8 Å². The van der Waals surface area contributed by atoms with Crippen LogP contribution >= 0.6 is 0 Å². The SMILES string of the molecule is CCCCCCCCN(C)c1ccc(N=Nc2ccc([N+](=O)[O-])cc2)cc1. The lowest BCUT2D eigenvalue weighted by molar-refractivity contribution is -0.384. The summed E-state index contributed by atoms with van der Waals surface area (Å²) in [5.41, 5.74) is 2.56. The second kappa shape index (κ2) is 11.1. The fourth-order valence-electron chi connectivity index (χ4n) is 2.79. The summed E-state index contributed by atoms with van der Waals surface area (Å²) in [5.74, 6) is 0. The normalized spacial score (nSPS) is 11.0. The third kappa shape index (κ3) is 7.17. The van der Waals surface area contributed by atoms with Crippen molar-refractivity contribution >= 4 is 22.7 Å². The molecule has 0 atom stereocenters. The smallest absolute Gasteiger partial charge is 0.269 e. The average Bonchev–Trinajstić information content (AvgIpc) is 2.69. The molecule has 0 aromatic heterocycles. The van der Waals surface area contributed by atoms with Crippen molar-refractivity contribution in [3.63, 3.8) is 0 Å². The van der Waals surface area contributed by atoms with E-state index in [9.17, 15) is 10.1 Å². The predicted octanol–water partition coefficient (Wildman–Crippen LogP) is 6.81. The summed E-state index contributed by atoms with van der Waals surface area (Å²) in [4.78, 5) is 12.5. The maximum absolute atomic E-state index is 10.7. The van der Waals surface area contributed by atoms with Crippen LogP contribution in [-0.4, -0.2) is 18.5 Å². The third-order valence-corrected chi connectivity index (χ3v) is 4.48. The van der Waals surface area contributed by atoms with Crippen molar-refractivity contribution in [3.05, 3.63) is 58.6 Å². The number of non-ortho nitro benzene ring substituents is 1. The number of anilines is 1. The Morgan fingerprint density at radius 2 is 1.37 bits per heavy atom. The van der Waals surface area contributed by atoms with E-state index < -0.39 is 4.92 Å². The van der Waals surface area contributed by atoms with Crippen LogP contribution in [0.5, 0.6) is 0 Å². The fraction of sp³-hybridized carbons (Fsp3) is 0.429. The van der Waals surface area contributed by atoms with Crippen LogP contribution in [0.4, 0.5) is 22.7 Å². The largest absolute Gasteiger partial charge is 0.375 e. The van der Waals surface area contributed by atoms with Gasteiger partial charge in [0.25, 0.3) is 5.69 Å². The van der Waals surface area contributed by atoms with Gasteiger partial charge in [0.2, 0.25) is 0 Å². The van der Waals surface area contributed by atoms with E-state index in [-0.39, 0.29) is 5.69 Å². The van der Waals surface area contributed by atoms with Gasteiger partial charge in [-0.05, 0) is 42.8 Å². The van der Waals surface area contributed by atoms with Gasteiger partial charge in [-0.3, -0.25) is 10.1 Å². The van der Waals surface area contributed by atoms with Crippen LogP contribution in [0.3, 0.4) is 0 Å². The molecule has 0 bridgehead atoms. The van der Waals surface area contributed by atoms with Crippen LogP contribution in [0.2, 0.25) is 0 Å². The molecule has 0 fully saturated rings. The van der Waals surface area contributed by atoms with Gasteiger partial charge < -0.3 is 4.90 Å². The Morgan fingerprint density at radius 3 is 1.93 bits per heavy atom. The molecule has 0 radical (unpaired) electrons. The highest BCUT2D eigenvalue weighted by Crippen LogP contribution is 2.23. The van der Waals surface area contributed by atoms with E-state index in [1.165, 1.54) is 50.7 Å². The zero-order valence-corrected chi connectivity index (χ0v) is 16.2. The number of azo groups is 1. The molecular weight excluding hydrogens is 340 g/mol. The zero-order chi connectivity index (χ0) is 19.5. The number of rotatable bonds is 11. The van der Waals surface area contributed by atoms with Crippen molar-refractivity contribution in [2.24, 2.45) is 10.2 Å². The first-order valence-electron chi connectivity index (χ1n) is 9.57. The summed E-state index contributed by atoms with van der Waals surface area (Å²) >= 11 is 0. The first-order chi connectivity index (χ1) is 13.1. The third-order valence-electron chi connectivity index (χ3n) is 4.48. The Bertz CT molecular complexity index is 727. The van der Waals surface area contributed by atoms with E-state index >= 15 is 0 Å². The van der Waals surface area contributed by atoms with Gasteiger partial charge >= 0.3 is 0 Å². The molecule has 0 saturated heterocycles. The molecule has 0 unspecified atom stereocenters. The lowest BCUT2D eigenvalue weighted by Gasteiger charge is -2.19. The quantitative estimate of drug-likeness (QED) is 0.189. The van der Waals surface area contributed by atoms with E-state index in [2.05, 4.69) is 29.1 Å². The number of nitrogens with zero attached hydrogens (tertiary/aromatic N) is 4. The number of hydrogen-bond acceptors (Lipinski definition) is 5. The van der Waals surface area contributed by atoms with Gasteiger partial charge in [0.1, 0.15) is 0 Å². The maximum Gasteiger partial charge on any atom is 0.269 e. The topological polar surface area (TPSA) is 71.1 Å². The lowest BCUT2D eigenvalue weighted by atomic mass is 10.1. The minimum atomic E-state index is -0.429. The van der Waals surface area contributed by atoms with E-state index in [0.717, 1.165) is 17.9 Å². The summed E-state index contributed by atoms with van der Waals surface area (Å²) < 4.78 is 0. The maximum atomic E-state index is 10.7. The molecule has 0 heterocycles. The molecule has 0 spiro atoms. The standard InChI is InChI=1S/C21H28N4O2/c1-3-4-5-6-7-8-17-24(2)20-13-9-18(10-14-20)22-23-19-11-15-21(16-12-19)25(26)27/h9-16H,3-8,17H2,1-2H3. The number of nitro benzene ring substituents is 1. The first kappa shape index (κ1) is 20.6. The van der Waals surface area contributed by atoms with Gasteiger partial charge in [0.15, 0.2) is 0 Å². The van der Waals surface area contributed by atoms with Crippen LogP contribution < -0.4 is 4.90 Å². The monoisotopic (exact) mass is 368 g/mol. The summed E-state index contributed by atoms with van der Waals surface area (Å²) in [5, 5.41) is 19.0. The number of hydrogen-bond donors (Lipinski definition) is 0. The van der Waals surface area contributed by atoms with E-state index in [1.54, 1.807) is 12.1 Å². The zero-order valence-electron chi connectivity index (χ0n) is 16.2. The minimum absolute atomic E-state index is 0.0479. The molecule has 144 valence electrons. The highest BCUT2D eigenvalue weighted by Gasteiger charge is 2.04. The van der Waals surface area contributed by atoms with Gasteiger partial charge in [0.05, 0.1) is 16.3 Å². The van der Waals surface area contributed by atoms with E-state index in [1.807, 2.05) is 24.3 Å². The number of benzene rings is 2. The Balaban J connectivity index is 1.82. The molecule has 2 rings (SSSR count). The molecule has 0 aliphatic carbocycles. The van der Waals surface area contributed by atoms with Gasteiger partial charge in [0, 0.05) is 31.4 Å². The average molecular weight is 368 g/mol. The van der Waals surface area contributed by atoms with Gasteiger partial charge in [-0.1, -0.05) is 39.0 Å². The van der Waals surface area contributed by atoms with Crippen molar-refractivity contribution in [2.45, 2.75) is 45.4 Å². The molecule has 6 nitrogen and oxygen atoms in total. The molecule has 6 heteroatoms. The molecule has 0 aliphatic heterocycles. The van der Waals surface area contributed by atoms with Crippen LogP contribution in [0, 0.1) is 10.1 Å². The van der Waals surface area contributed by atoms with Crippen LogP contribution in [0.25, 0.3) is 0 Å². The van der Waals surface area contributed by atoms with Crippen molar-refractivity contribution in [2.75, 3.05) is 18.5 Å². The van der Waals surface area contributed by atoms with Gasteiger partial charge in [-0.25, -0.2) is 0 Å². The summed E-state index contributed by atoms with van der Waals surface area (Å²) in [6.45, 7) is 3.29. The van der Waals surface area contributed by atoms with Crippen molar-refractivity contribution in [1.29, 1.82) is 0 Å². The molecular formula is C21H28N4O2. The van der Waals surface area contributed by atoms with Crippen molar-refractivity contribution in [3.8, 4) is 0 Å². The fourth-order valence-corrected chi connectivity index (χ4v) is 2.79. The summed E-state index contributed by atoms with van der Waals surface area (Å²) in [6.07, 6.45) is 7.78. The Kier molecular flexibility index (Phi) is 8.42. The minimum Gasteiger partial charge on any atom is -0.375 e. The molecule has 0 amide bonds. The number of nitro groups is 1. The summed E-state index contributed by atoms with van der Waals surface area (Å²) in [6, 6.07) is 14.0. The van der Waals surface area contributed by atoms with Crippen LogP contribution in [-0.2, 0) is 0 Å². The van der Waals surface area contributed by atoms with Crippen molar-refractivity contribution in [1.82, 2.24) is 0 Å². The number of unbranched alkanes of at least 4 members (excludes halogenated alkanes) is 5. The van der Waals surface area contributed by atoms with E-state index in [0.29, 0.717) is 5.69 Å². The molecule has 0 aliphatic rings. The highest BCUT2D eigenvalue weighted by atomic mass is 16.6. The van der Waals surface area contributed by atoms with Crippen LogP contribution in [0.1, 0.15) is 45.4 Å². The van der Waals surface area contributed by atoms with E-state index in [4.69, 9.17) is 0 Å².